The molecule has 0 spiro atoms. The van der Waals surface area contributed by atoms with Crippen molar-refractivity contribution in [3.8, 4) is 0 Å². The van der Waals surface area contributed by atoms with Gasteiger partial charge in [-0.15, -0.1) is 0 Å². The van der Waals surface area contributed by atoms with Gasteiger partial charge in [0.1, 0.15) is 0 Å². The van der Waals surface area contributed by atoms with Crippen LogP contribution in [-0.2, 0) is 11.3 Å². The highest BCUT2D eigenvalue weighted by Gasteiger charge is 2.04. The van der Waals surface area contributed by atoms with E-state index in [1.165, 1.54) is 6.07 Å². The van der Waals surface area contributed by atoms with Crippen LogP contribution in [0.1, 0.15) is 25.8 Å². The van der Waals surface area contributed by atoms with E-state index in [-0.39, 0.29) is 6.10 Å². The Morgan fingerprint density at radius 2 is 2.00 bits per heavy atom. The van der Waals surface area contributed by atoms with Gasteiger partial charge in [0.15, 0.2) is 11.6 Å². The SMILES string of the molecule is CCC(C)OCc1ccc(F)c(F)c1. The maximum Gasteiger partial charge on any atom is 0.159 e. The van der Waals surface area contributed by atoms with Crippen molar-refractivity contribution in [2.75, 3.05) is 0 Å². The molecule has 1 aromatic rings. The lowest BCUT2D eigenvalue weighted by Crippen LogP contribution is -2.06. The van der Waals surface area contributed by atoms with Crippen molar-refractivity contribution in [1.82, 2.24) is 0 Å². The summed E-state index contributed by atoms with van der Waals surface area (Å²) in [6, 6.07) is 3.81. The fourth-order valence-electron chi connectivity index (χ4n) is 0.986. The summed E-state index contributed by atoms with van der Waals surface area (Å²) in [5, 5.41) is 0. The van der Waals surface area contributed by atoms with Crippen molar-refractivity contribution in [2.24, 2.45) is 0 Å². The van der Waals surface area contributed by atoms with E-state index in [0.717, 1.165) is 18.6 Å². The monoisotopic (exact) mass is 200 g/mol. The van der Waals surface area contributed by atoms with Crippen LogP contribution >= 0.6 is 0 Å². The molecule has 0 bridgehead atoms. The largest absolute Gasteiger partial charge is 0.374 e. The molecule has 0 fully saturated rings. The van der Waals surface area contributed by atoms with E-state index < -0.39 is 11.6 Å². The third-order valence-electron chi connectivity index (χ3n) is 2.09. The maximum atomic E-state index is 12.8. The van der Waals surface area contributed by atoms with Crippen LogP contribution in [0.2, 0.25) is 0 Å². The molecule has 0 aliphatic heterocycles. The third kappa shape index (κ3) is 3.07. The Balaban J connectivity index is 2.55. The predicted molar refractivity (Wildman–Crippen MR) is 50.9 cm³/mol. The summed E-state index contributed by atoms with van der Waals surface area (Å²) >= 11 is 0. The zero-order valence-corrected chi connectivity index (χ0v) is 8.39. The summed E-state index contributed by atoms with van der Waals surface area (Å²) in [7, 11) is 0. The van der Waals surface area contributed by atoms with Crippen LogP contribution < -0.4 is 0 Å². The molecule has 0 heterocycles. The summed E-state index contributed by atoms with van der Waals surface area (Å²) < 4.78 is 30.7. The Morgan fingerprint density at radius 3 is 2.57 bits per heavy atom. The molecular weight excluding hydrogens is 186 g/mol. The van der Waals surface area contributed by atoms with Crippen LogP contribution in [0.4, 0.5) is 8.78 Å². The van der Waals surface area contributed by atoms with Crippen molar-refractivity contribution < 1.29 is 13.5 Å². The Hall–Kier alpha value is -0.960. The first-order valence-electron chi connectivity index (χ1n) is 4.69. The molecule has 14 heavy (non-hydrogen) atoms. The fourth-order valence-corrected chi connectivity index (χ4v) is 0.986. The lowest BCUT2D eigenvalue weighted by atomic mass is 10.2. The highest BCUT2D eigenvalue weighted by molar-refractivity contribution is 5.16. The summed E-state index contributed by atoms with van der Waals surface area (Å²) in [6.45, 7) is 4.28. The summed E-state index contributed by atoms with van der Waals surface area (Å²) in [6.07, 6.45) is 1.05. The van der Waals surface area contributed by atoms with Crippen LogP contribution in [0.15, 0.2) is 18.2 Å². The van der Waals surface area contributed by atoms with Crippen molar-refractivity contribution in [3.05, 3.63) is 35.4 Å². The van der Waals surface area contributed by atoms with Gasteiger partial charge in [0.05, 0.1) is 12.7 Å². The standard InChI is InChI=1S/C11H14F2O/c1-3-8(2)14-7-9-4-5-10(12)11(13)6-9/h4-6,8H,3,7H2,1-2H3. The highest BCUT2D eigenvalue weighted by atomic mass is 19.2. The van der Waals surface area contributed by atoms with Gasteiger partial charge in [-0.05, 0) is 31.0 Å². The highest BCUT2D eigenvalue weighted by Crippen LogP contribution is 2.10. The van der Waals surface area contributed by atoms with Crippen LogP contribution in [0.5, 0.6) is 0 Å². The molecule has 1 aromatic carbocycles. The molecule has 0 radical (unpaired) electrons. The molecule has 0 aliphatic rings. The van der Waals surface area contributed by atoms with Crippen molar-refractivity contribution >= 4 is 0 Å². The van der Waals surface area contributed by atoms with Gasteiger partial charge in [-0.3, -0.25) is 0 Å². The smallest absolute Gasteiger partial charge is 0.159 e. The van der Waals surface area contributed by atoms with Gasteiger partial charge in [0.25, 0.3) is 0 Å². The van der Waals surface area contributed by atoms with Crippen molar-refractivity contribution in [2.45, 2.75) is 33.0 Å². The minimum absolute atomic E-state index is 0.142. The van der Waals surface area contributed by atoms with E-state index in [0.29, 0.717) is 12.2 Å². The summed E-state index contributed by atoms with van der Waals surface area (Å²) in [5.74, 6) is -1.65. The Labute approximate surface area is 82.7 Å². The molecule has 0 N–H and O–H groups in total. The lowest BCUT2D eigenvalue weighted by Gasteiger charge is -2.10. The number of rotatable bonds is 4. The lowest BCUT2D eigenvalue weighted by molar-refractivity contribution is 0.0506. The van der Waals surface area contributed by atoms with Crippen LogP contribution in [0.3, 0.4) is 0 Å². The second kappa shape index (κ2) is 5.05. The van der Waals surface area contributed by atoms with Gasteiger partial charge in [0, 0.05) is 0 Å². The molecular formula is C11H14F2O. The first-order valence-corrected chi connectivity index (χ1v) is 4.69. The number of ether oxygens (including phenoxy) is 1. The molecule has 0 amide bonds. The van der Waals surface area contributed by atoms with Crippen LogP contribution in [0.25, 0.3) is 0 Å². The van der Waals surface area contributed by atoms with Gasteiger partial charge in [-0.1, -0.05) is 13.0 Å². The van der Waals surface area contributed by atoms with E-state index >= 15 is 0 Å². The van der Waals surface area contributed by atoms with Gasteiger partial charge in [-0.25, -0.2) is 8.78 Å². The van der Waals surface area contributed by atoms with Gasteiger partial charge >= 0.3 is 0 Å². The van der Waals surface area contributed by atoms with E-state index in [1.807, 2.05) is 13.8 Å². The van der Waals surface area contributed by atoms with Crippen molar-refractivity contribution in [3.63, 3.8) is 0 Å². The minimum Gasteiger partial charge on any atom is -0.374 e. The zero-order valence-electron chi connectivity index (χ0n) is 8.39. The van der Waals surface area contributed by atoms with Crippen molar-refractivity contribution in [1.29, 1.82) is 0 Å². The average molecular weight is 200 g/mol. The predicted octanol–water partition coefficient (Wildman–Crippen LogP) is 3.28. The molecule has 0 aliphatic carbocycles. The first-order chi connectivity index (χ1) is 6.63. The maximum absolute atomic E-state index is 12.8. The molecule has 0 saturated heterocycles. The quantitative estimate of drug-likeness (QED) is 0.724. The average Bonchev–Trinajstić information content (AvgIpc) is 2.19. The number of benzene rings is 1. The molecule has 1 nitrogen and oxygen atoms in total. The number of hydrogen-bond acceptors (Lipinski definition) is 1. The normalized spacial score (nSPS) is 12.9. The third-order valence-corrected chi connectivity index (χ3v) is 2.09. The molecule has 0 aromatic heterocycles. The van der Waals surface area contributed by atoms with Gasteiger partial charge in [-0.2, -0.15) is 0 Å². The van der Waals surface area contributed by atoms with Crippen LogP contribution in [-0.4, -0.2) is 6.10 Å². The minimum atomic E-state index is -0.824. The molecule has 78 valence electrons. The van der Waals surface area contributed by atoms with E-state index in [9.17, 15) is 8.78 Å². The van der Waals surface area contributed by atoms with Gasteiger partial charge in [0.2, 0.25) is 0 Å². The Bertz CT molecular complexity index is 299. The van der Waals surface area contributed by atoms with E-state index in [2.05, 4.69) is 0 Å². The van der Waals surface area contributed by atoms with Gasteiger partial charge < -0.3 is 4.74 Å². The van der Waals surface area contributed by atoms with Crippen LogP contribution in [0, 0.1) is 11.6 Å². The zero-order chi connectivity index (χ0) is 10.6. The Kier molecular flexibility index (Phi) is 4.01. The molecule has 1 unspecified atom stereocenters. The number of hydrogen-bond donors (Lipinski definition) is 0. The van der Waals surface area contributed by atoms with E-state index in [4.69, 9.17) is 4.74 Å². The summed E-state index contributed by atoms with van der Waals surface area (Å²) in [4.78, 5) is 0. The molecule has 0 saturated carbocycles. The Morgan fingerprint density at radius 1 is 1.29 bits per heavy atom. The molecule has 1 atom stereocenters. The molecule has 3 heteroatoms. The molecule has 1 rings (SSSR count). The first kappa shape index (κ1) is 11.1. The number of halogens is 2. The second-order valence-electron chi connectivity index (χ2n) is 3.28. The second-order valence-corrected chi connectivity index (χ2v) is 3.28. The van der Waals surface area contributed by atoms with E-state index in [1.54, 1.807) is 0 Å². The summed E-state index contributed by atoms with van der Waals surface area (Å²) in [5.41, 5.74) is 0.657. The fraction of sp³-hybridized carbons (Fsp3) is 0.455. The topological polar surface area (TPSA) is 9.23 Å².